The Kier molecular flexibility index (Phi) is 8.07. The Morgan fingerprint density at radius 3 is 2.41 bits per heavy atom. The van der Waals surface area contributed by atoms with Crippen LogP contribution in [0.15, 0.2) is 35.5 Å². The predicted molar refractivity (Wildman–Crippen MR) is 135 cm³/mol. The molecule has 0 bridgehead atoms. The van der Waals surface area contributed by atoms with Crippen molar-refractivity contribution in [3.8, 4) is 0 Å². The number of carbonyl (C=O) groups excluding carboxylic acids is 1. The third kappa shape index (κ3) is 5.52. The normalized spacial score (nSPS) is 22.3. The maximum atomic E-state index is 14.3. The monoisotopic (exact) mass is 611 g/mol. The fourth-order valence-electron chi connectivity index (χ4n) is 4.35. The van der Waals surface area contributed by atoms with Crippen molar-refractivity contribution in [1.82, 2.24) is 8.77 Å². The summed E-state index contributed by atoms with van der Waals surface area (Å²) in [5, 5.41) is 2.50. The number of alkyl halides is 3. The molecule has 1 unspecified atom stereocenters. The molecule has 0 spiro atoms. The average molecular weight is 612 g/mol. The van der Waals surface area contributed by atoms with Gasteiger partial charge in [0.05, 0.1) is 22.4 Å². The van der Waals surface area contributed by atoms with Crippen molar-refractivity contribution in [2.24, 2.45) is 11.1 Å². The number of benzene rings is 2. The maximum absolute atomic E-state index is 14.3. The van der Waals surface area contributed by atoms with Crippen LogP contribution in [0.5, 0.6) is 0 Å². The summed E-state index contributed by atoms with van der Waals surface area (Å²) < 4.78 is 82.9. The predicted octanol–water partition coefficient (Wildman–Crippen LogP) is 5.27. The summed E-state index contributed by atoms with van der Waals surface area (Å²) in [5.74, 6) is -1.70. The van der Waals surface area contributed by atoms with Gasteiger partial charge in [-0.05, 0) is 36.2 Å². The van der Waals surface area contributed by atoms with Gasteiger partial charge in [0.2, 0.25) is 0 Å². The first-order valence-corrected chi connectivity index (χ1v) is 13.7. The lowest BCUT2D eigenvalue weighted by molar-refractivity contribution is -0.275. The van der Waals surface area contributed by atoms with E-state index in [1.807, 2.05) is 0 Å². The second kappa shape index (κ2) is 10.6. The van der Waals surface area contributed by atoms with Gasteiger partial charge in [0.25, 0.3) is 5.60 Å². The molecule has 0 radical (unpaired) electrons. The molecular weight excluding hydrogens is 589 g/mol. The standard InChI is InChI=1S/C24H23Cl2F4N3O5S/c1-13-6-15(4-5-17(13)21(34)7-14-11-33(37-12-14)39(35,36)32(2)3)20-10-23(38-31-20,24(28,29)30)16-8-18(25)22(27)19(26)9-16/h4-6,8-9,14H,7,10-12H2,1-3H3/t14?,23-/m0/s1. The highest BCUT2D eigenvalue weighted by atomic mass is 35.5. The molecule has 2 aliphatic rings. The summed E-state index contributed by atoms with van der Waals surface area (Å²) in [6.45, 7) is 1.67. The van der Waals surface area contributed by atoms with Crippen molar-refractivity contribution >= 4 is 44.9 Å². The van der Waals surface area contributed by atoms with Crippen LogP contribution in [-0.4, -0.2) is 62.1 Å². The molecule has 2 aliphatic heterocycles. The minimum atomic E-state index is -4.95. The van der Waals surface area contributed by atoms with E-state index < -0.39 is 49.8 Å². The molecule has 2 atom stereocenters. The SMILES string of the molecule is Cc1cc(C2=NO[C@@](c3cc(Cl)c(F)c(Cl)c3)(C(F)(F)F)C2)ccc1C(=O)CC1CON(S(=O)(=O)N(C)C)C1. The van der Waals surface area contributed by atoms with Crippen molar-refractivity contribution in [3.05, 3.63) is 68.4 Å². The van der Waals surface area contributed by atoms with Crippen LogP contribution >= 0.6 is 23.2 Å². The molecule has 2 heterocycles. The number of carbonyl (C=O) groups is 1. The second-order valence-electron chi connectivity index (χ2n) is 9.48. The highest BCUT2D eigenvalue weighted by molar-refractivity contribution is 7.86. The number of Topliss-reactive ketones (excluding diaryl/α,β-unsaturated/α-hetero) is 1. The number of ketones is 1. The van der Waals surface area contributed by atoms with Crippen molar-refractivity contribution in [2.45, 2.75) is 31.5 Å². The first kappa shape index (κ1) is 29.7. The van der Waals surface area contributed by atoms with E-state index in [-0.39, 0.29) is 37.0 Å². The molecule has 1 fully saturated rings. The molecule has 0 aromatic heterocycles. The Hall–Kier alpha value is -2.29. The van der Waals surface area contributed by atoms with Gasteiger partial charge in [0.15, 0.2) is 11.6 Å². The first-order valence-electron chi connectivity index (χ1n) is 11.5. The Bertz CT molecular complexity index is 1430. The van der Waals surface area contributed by atoms with E-state index in [1.54, 1.807) is 6.92 Å². The molecule has 212 valence electrons. The molecule has 39 heavy (non-hydrogen) atoms. The summed E-state index contributed by atoms with van der Waals surface area (Å²) in [6, 6.07) is 6.05. The lowest BCUT2D eigenvalue weighted by Crippen LogP contribution is -2.42. The van der Waals surface area contributed by atoms with Crippen LogP contribution in [0.1, 0.15) is 39.9 Å². The van der Waals surface area contributed by atoms with Gasteiger partial charge in [-0.3, -0.25) is 9.63 Å². The molecule has 0 amide bonds. The fourth-order valence-corrected chi connectivity index (χ4v) is 5.79. The first-order chi connectivity index (χ1) is 18.1. The zero-order valence-electron chi connectivity index (χ0n) is 20.9. The van der Waals surface area contributed by atoms with E-state index in [0.29, 0.717) is 16.7 Å². The van der Waals surface area contributed by atoms with Gasteiger partial charge in [-0.2, -0.15) is 25.9 Å². The molecule has 2 aromatic carbocycles. The fraction of sp³-hybridized carbons (Fsp3) is 0.417. The lowest BCUT2D eigenvalue weighted by Gasteiger charge is -2.29. The van der Waals surface area contributed by atoms with Gasteiger partial charge in [-0.1, -0.05) is 45.0 Å². The van der Waals surface area contributed by atoms with Gasteiger partial charge in [-0.15, -0.1) is 0 Å². The Balaban J connectivity index is 1.52. The molecule has 0 aliphatic carbocycles. The highest BCUT2D eigenvalue weighted by Crippen LogP contribution is 2.50. The third-order valence-electron chi connectivity index (χ3n) is 6.55. The number of halogens is 6. The minimum Gasteiger partial charge on any atom is -0.374 e. The van der Waals surface area contributed by atoms with E-state index in [1.165, 1.54) is 32.3 Å². The van der Waals surface area contributed by atoms with E-state index in [4.69, 9.17) is 32.9 Å². The summed E-state index contributed by atoms with van der Waals surface area (Å²) in [5.41, 5.74) is -2.38. The summed E-state index contributed by atoms with van der Waals surface area (Å²) in [6.07, 6.45) is -5.69. The van der Waals surface area contributed by atoms with Crippen molar-refractivity contribution in [1.29, 1.82) is 0 Å². The zero-order valence-corrected chi connectivity index (χ0v) is 23.2. The van der Waals surface area contributed by atoms with Crippen molar-refractivity contribution < 1.29 is 40.4 Å². The zero-order chi connectivity index (χ0) is 28.9. The van der Waals surface area contributed by atoms with Crippen molar-refractivity contribution in [3.63, 3.8) is 0 Å². The number of nitrogens with zero attached hydrogens (tertiary/aromatic N) is 3. The van der Waals surface area contributed by atoms with Crippen LogP contribution in [0.4, 0.5) is 17.6 Å². The maximum Gasteiger partial charge on any atom is 0.435 e. The van der Waals surface area contributed by atoms with Crippen LogP contribution in [0, 0.1) is 18.7 Å². The van der Waals surface area contributed by atoms with Gasteiger partial charge in [0.1, 0.15) is 0 Å². The molecule has 2 aromatic rings. The quantitative estimate of drug-likeness (QED) is 0.242. The molecule has 15 heteroatoms. The molecule has 0 saturated carbocycles. The number of hydrogen-bond acceptors (Lipinski definition) is 6. The van der Waals surface area contributed by atoms with E-state index in [2.05, 4.69) is 5.16 Å². The molecular formula is C24H23Cl2F4N3O5S. The van der Waals surface area contributed by atoms with E-state index >= 15 is 0 Å². The highest BCUT2D eigenvalue weighted by Gasteiger charge is 2.62. The number of hydrogen-bond donors (Lipinski definition) is 0. The molecule has 0 N–H and O–H groups in total. The van der Waals surface area contributed by atoms with Gasteiger partial charge >= 0.3 is 16.4 Å². The summed E-state index contributed by atoms with van der Waals surface area (Å²) >= 11 is 11.5. The van der Waals surface area contributed by atoms with Crippen LogP contribution in [0.25, 0.3) is 0 Å². The summed E-state index contributed by atoms with van der Waals surface area (Å²) in [7, 11) is -1.05. The van der Waals surface area contributed by atoms with E-state index in [0.717, 1.165) is 20.9 Å². The smallest absolute Gasteiger partial charge is 0.374 e. The largest absolute Gasteiger partial charge is 0.435 e. The van der Waals surface area contributed by atoms with Crippen LogP contribution in [-0.2, 0) is 25.5 Å². The molecule has 1 saturated heterocycles. The summed E-state index contributed by atoms with van der Waals surface area (Å²) in [4.78, 5) is 23.2. The van der Waals surface area contributed by atoms with Crippen LogP contribution in [0.2, 0.25) is 10.0 Å². The van der Waals surface area contributed by atoms with Gasteiger partial charge in [0, 0.05) is 50.5 Å². The van der Waals surface area contributed by atoms with Crippen LogP contribution in [0.3, 0.4) is 0 Å². The Labute approximate surface area is 232 Å². The number of rotatable bonds is 7. The topological polar surface area (TPSA) is 88.5 Å². The van der Waals surface area contributed by atoms with Crippen LogP contribution < -0.4 is 0 Å². The van der Waals surface area contributed by atoms with Gasteiger partial charge < -0.3 is 4.84 Å². The van der Waals surface area contributed by atoms with E-state index in [9.17, 15) is 30.8 Å². The minimum absolute atomic E-state index is 0.00691. The number of hydroxylamine groups is 1. The Morgan fingerprint density at radius 2 is 1.85 bits per heavy atom. The molecule has 8 nitrogen and oxygen atoms in total. The van der Waals surface area contributed by atoms with Crippen molar-refractivity contribution in [2.75, 3.05) is 27.2 Å². The number of aryl methyl sites for hydroxylation is 1. The Morgan fingerprint density at radius 1 is 1.21 bits per heavy atom. The van der Waals surface area contributed by atoms with Gasteiger partial charge in [-0.25, -0.2) is 4.39 Å². The lowest BCUT2D eigenvalue weighted by atomic mass is 9.86. The number of oxime groups is 1. The second-order valence-corrected chi connectivity index (χ2v) is 12.3. The molecule has 4 rings (SSSR count). The third-order valence-corrected chi connectivity index (χ3v) is 8.79. The average Bonchev–Trinajstić information content (AvgIpc) is 3.50.